The van der Waals surface area contributed by atoms with E-state index < -0.39 is 18.7 Å². The fraction of sp³-hybridized carbons (Fsp3) is 0.333. The van der Waals surface area contributed by atoms with E-state index in [0.29, 0.717) is 0 Å². The summed E-state index contributed by atoms with van der Waals surface area (Å²) in [5, 5.41) is 0.252. The first kappa shape index (κ1) is 9.16. The average molecular weight is 189 g/mol. The van der Waals surface area contributed by atoms with Gasteiger partial charge in [-0.15, -0.1) is 0 Å². The standard InChI is InChI=1S/C6H9N2O3P/c1-12(2,11)4-3-7-6(10)8-5(4)9/h3,11H,1-2H3,(H-,7,8,9,10)/p+1. The van der Waals surface area contributed by atoms with Crippen molar-refractivity contribution in [1.29, 1.82) is 0 Å². The number of hydrogen-bond donors (Lipinski definition) is 3. The number of aromatic nitrogens is 2. The van der Waals surface area contributed by atoms with E-state index in [1.807, 2.05) is 4.98 Å². The van der Waals surface area contributed by atoms with Crippen molar-refractivity contribution in [3.63, 3.8) is 0 Å². The van der Waals surface area contributed by atoms with Crippen molar-refractivity contribution in [3.8, 4) is 0 Å². The molecule has 0 spiro atoms. The van der Waals surface area contributed by atoms with Gasteiger partial charge in [-0.1, -0.05) is 0 Å². The molecule has 0 saturated heterocycles. The molecule has 0 unspecified atom stereocenters. The lowest BCUT2D eigenvalue weighted by Gasteiger charge is -2.05. The summed E-state index contributed by atoms with van der Waals surface area (Å²) in [7, 11) is -2.34. The molecule has 12 heavy (non-hydrogen) atoms. The van der Waals surface area contributed by atoms with Gasteiger partial charge in [-0.25, -0.2) is 9.69 Å². The second-order valence-corrected chi connectivity index (χ2v) is 6.12. The molecule has 0 bridgehead atoms. The summed E-state index contributed by atoms with van der Waals surface area (Å²) in [6.07, 6.45) is 1.26. The molecule has 1 heterocycles. The van der Waals surface area contributed by atoms with E-state index in [9.17, 15) is 14.5 Å². The molecule has 66 valence electrons. The zero-order chi connectivity index (χ0) is 9.35. The Kier molecular flexibility index (Phi) is 2.17. The van der Waals surface area contributed by atoms with Crippen LogP contribution < -0.4 is 16.6 Å². The van der Waals surface area contributed by atoms with Gasteiger partial charge in [-0.05, 0) is 0 Å². The van der Waals surface area contributed by atoms with Gasteiger partial charge < -0.3 is 4.98 Å². The van der Waals surface area contributed by atoms with Crippen molar-refractivity contribution in [2.24, 2.45) is 0 Å². The number of nitrogens with one attached hydrogen (secondary N) is 2. The van der Waals surface area contributed by atoms with Crippen molar-refractivity contribution in [2.75, 3.05) is 13.3 Å². The van der Waals surface area contributed by atoms with E-state index in [-0.39, 0.29) is 5.30 Å². The zero-order valence-corrected chi connectivity index (χ0v) is 7.68. The molecule has 0 saturated carbocycles. The van der Waals surface area contributed by atoms with Crippen LogP contribution >= 0.6 is 7.49 Å². The molecular weight excluding hydrogens is 179 g/mol. The molecule has 0 fully saturated rings. The Bertz CT molecular complexity index is 387. The molecule has 1 aromatic rings. The van der Waals surface area contributed by atoms with E-state index in [0.717, 1.165) is 0 Å². The minimum atomic E-state index is -2.34. The van der Waals surface area contributed by atoms with Gasteiger partial charge >= 0.3 is 5.69 Å². The Morgan fingerprint density at radius 1 is 1.42 bits per heavy atom. The molecule has 3 N–H and O–H groups in total. The molecule has 5 nitrogen and oxygen atoms in total. The van der Waals surface area contributed by atoms with Crippen LogP contribution in [-0.4, -0.2) is 28.2 Å². The Balaban J connectivity index is 3.39. The lowest BCUT2D eigenvalue weighted by molar-refractivity contribution is 0.624. The van der Waals surface area contributed by atoms with Crippen molar-refractivity contribution < 1.29 is 4.89 Å². The van der Waals surface area contributed by atoms with E-state index in [2.05, 4.69) is 4.98 Å². The van der Waals surface area contributed by atoms with Crippen LogP contribution in [0.15, 0.2) is 15.8 Å². The van der Waals surface area contributed by atoms with Gasteiger partial charge in [0.1, 0.15) is 0 Å². The maximum absolute atomic E-state index is 11.1. The first-order valence-corrected chi connectivity index (χ1v) is 5.94. The van der Waals surface area contributed by atoms with Crippen LogP contribution in [0.3, 0.4) is 0 Å². The quantitative estimate of drug-likeness (QED) is 0.489. The number of hydrogen-bond acceptors (Lipinski definition) is 3. The van der Waals surface area contributed by atoms with E-state index in [1.165, 1.54) is 6.20 Å². The van der Waals surface area contributed by atoms with Crippen LogP contribution in [0.25, 0.3) is 0 Å². The largest absolute Gasteiger partial charge is 0.325 e. The summed E-state index contributed by atoms with van der Waals surface area (Å²) >= 11 is 0. The van der Waals surface area contributed by atoms with Crippen LogP contribution in [0.1, 0.15) is 0 Å². The monoisotopic (exact) mass is 189 g/mol. The molecule has 0 aliphatic heterocycles. The van der Waals surface area contributed by atoms with Crippen LogP contribution in [-0.2, 0) is 0 Å². The maximum Gasteiger partial charge on any atom is 0.325 e. The van der Waals surface area contributed by atoms with E-state index in [1.54, 1.807) is 13.3 Å². The number of rotatable bonds is 1. The highest BCUT2D eigenvalue weighted by molar-refractivity contribution is 7.76. The summed E-state index contributed by atoms with van der Waals surface area (Å²) in [6.45, 7) is 3.16. The first-order valence-electron chi connectivity index (χ1n) is 3.30. The summed E-state index contributed by atoms with van der Waals surface area (Å²) < 4.78 is 0. The maximum atomic E-state index is 11.1. The van der Waals surface area contributed by atoms with Crippen molar-refractivity contribution in [3.05, 3.63) is 27.0 Å². The Morgan fingerprint density at radius 2 is 2.00 bits per heavy atom. The molecule has 6 heteroatoms. The van der Waals surface area contributed by atoms with Gasteiger partial charge in [0.05, 0.1) is 19.5 Å². The smallest absolute Gasteiger partial charge is 0.310 e. The fourth-order valence-corrected chi connectivity index (χ4v) is 1.74. The van der Waals surface area contributed by atoms with E-state index in [4.69, 9.17) is 0 Å². The summed E-state index contributed by atoms with van der Waals surface area (Å²) in [6, 6.07) is 0. The lowest BCUT2D eigenvalue weighted by Crippen LogP contribution is -2.35. The number of aromatic amines is 2. The molecule has 0 amide bonds. The molecule has 0 atom stereocenters. The van der Waals surface area contributed by atoms with Crippen molar-refractivity contribution in [2.45, 2.75) is 0 Å². The predicted octanol–water partition coefficient (Wildman–Crippen LogP) is -1.13. The SMILES string of the molecule is C[P+](C)(O)c1c[nH]c(=O)[nH]c1=O. The summed E-state index contributed by atoms with van der Waals surface area (Å²) in [5.74, 6) is 0. The third kappa shape index (κ3) is 1.81. The second kappa shape index (κ2) is 2.84. The molecule has 0 aromatic carbocycles. The minimum Gasteiger partial charge on any atom is -0.310 e. The summed E-state index contributed by atoms with van der Waals surface area (Å²) in [4.78, 5) is 35.5. The Hall–Kier alpha value is -0.930. The van der Waals surface area contributed by atoms with Gasteiger partial charge in [0.2, 0.25) is 5.30 Å². The van der Waals surface area contributed by atoms with Gasteiger partial charge in [0.15, 0.2) is 7.49 Å². The first-order chi connectivity index (χ1) is 5.41. The third-order valence-corrected chi connectivity index (χ3v) is 2.90. The minimum absolute atomic E-state index is 0.252. The zero-order valence-electron chi connectivity index (χ0n) is 6.79. The fourth-order valence-electron chi connectivity index (χ4n) is 0.809. The highest BCUT2D eigenvalue weighted by Crippen LogP contribution is 2.42. The molecule has 0 aliphatic carbocycles. The average Bonchev–Trinajstić information content (AvgIpc) is 1.83. The lowest BCUT2D eigenvalue weighted by atomic mass is 10.7. The second-order valence-electron chi connectivity index (χ2n) is 2.85. The highest BCUT2D eigenvalue weighted by atomic mass is 31.2. The molecule has 1 aromatic heterocycles. The third-order valence-electron chi connectivity index (χ3n) is 1.39. The van der Waals surface area contributed by atoms with Gasteiger partial charge in [0.25, 0.3) is 5.56 Å². The molecule has 0 aliphatic rings. The van der Waals surface area contributed by atoms with E-state index >= 15 is 0 Å². The van der Waals surface area contributed by atoms with Gasteiger partial charge in [-0.2, -0.15) is 0 Å². The number of H-pyrrole nitrogens is 2. The Labute approximate surface area is 68.9 Å². The van der Waals surface area contributed by atoms with Crippen LogP contribution in [0.2, 0.25) is 0 Å². The van der Waals surface area contributed by atoms with Crippen LogP contribution in [0.5, 0.6) is 0 Å². The van der Waals surface area contributed by atoms with Gasteiger partial charge in [0, 0.05) is 0 Å². The van der Waals surface area contributed by atoms with Crippen LogP contribution in [0.4, 0.5) is 0 Å². The molecule has 1 rings (SSSR count). The normalized spacial score (nSPS) is 11.6. The van der Waals surface area contributed by atoms with Crippen LogP contribution in [0, 0.1) is 0 Å². The van der Waals surface area contributed by atoms with Crippen molar-refractivity contribution >= 4 is 12.8 Å². The topological polar surface area (TPSA) is 85.9 Å². The Morgan fingerprint density at radius 3 is 2.42 bits per heavy atom. The van der Waals surface area contributed by atoms with Gasteiger partial charge in [-0.3, -0.25) is 9.78 Å². The highest BCUT2D eigenvalue weighted by Gasteiger charge is 2.29. The summed E-state index contributed by atoms with van der Waals surface area (Å²) in [5.41, 5.74) is -1.07. The predicted molar refractivity (Wildman–Crippen MR) is 48.3 cm³/mol. The van der Waals surface area contributed by atoms with Crippen molar-refractivity contribution in [1.82, 2.24) is 9.97 Å². The molecule has 0 radical (unpaired) electrons. The molecular formula is C6H10N2O3P+.